The molecule has 1 atom stereocenters. The Kier molecular flexibility index (Phi) is 3.76. The molecule has 1 unspecified atom stereocenters. The maximum absolute atomic E-state index is 12.1. The Bertz CT molecular complexity index is 512. The molecule has 2 aliphatic rings. The highest BCUT2D eigenvalue weighted by Gasteiger charge is 2.33. The van der Waals surface area contributed by atoms with Gasteiger partial charge in [-0.25, -0.2) is 0 Å². The van der Waals surface area contributed by atoms with E-state index in [9.17, 15) is 4.79 Å². The van der Waals surface area contributed by atoms with E-state index in [0.29, 0.717) is 18.5 Å². The zero-order chi connectivity index (χ0) is 14.8. The summed E-state index contributed by atoms with van der Waals surface area (Å²) in [6.07, 6.45) is 3.00. The first-order valence-electron chi connectivity index (χ1n) is 7.09. The van der Waals surface area contributed by atoms with Gasteiger partial charge in [0.2, 0.25) is 11.9 Å². The summed E-state index contributed by atoms with van der Waals surface area (Å²) in [5, 5.41) is 3.04. The lowest BCUT2D eigenvalue weighted by atomic mass is 10.1. The SMILES string of the molecule is COc1nc(OC)nc(N2CCC(C(=O)NC3CC3)C2)n1. The summed E-state index contributed by atoms with van der Waals surface area (Å²) in [5.74, 6) is 0.604. The molecule has 1 aliphatic carbocycles. The number of carbonyl (C=O) groups is 1. The monoisotopic (exact) mass is 293 g/mol. The third-order valence-corrected chi connectivity index (χ3v) is 3.71. The highest BCUT2D eigenvalue weighted by molar-refractivity contribution is 5.80. The van der Waals surface area contributed by atoms with E-state index in [1.54, 1.807) is 0 Å². The van der Waals surface area contributed by atoms with Crippen LogP contribution in [0.15, 0.2) is 0 Å². The van der Waals surface area contributed by atoms with Gasteiger partial charge < -0.3 is 19.7 Å². The lowest BCUT2D eigenvalue weighted by Gasteiger charge is -2.16. The fourth-order valence-electron chi connectivity index (χ4n) is 2.35. The molecule has 114 valence electrons. The van der Waals surface area contributed by atoms with Crippen LogP contribution in [-0.4, -0.2) is 54.2 Å². The van der Waals surface area contributed by atoms with Crippen molar-refractivity contribution in [3.05, 3.63) is 0 Å². The number of nitrogens with one attached hydrogen (secondary N) is 1. The standard InChI is InChI=1S/C13H19N5O3/c1-20-12-15-11(16-13(17-12)21-2)18-6-5-8(7-18)10(19)14-9-3-4-9/h8-9H,3-7H2,1-2H3,(H,14,19). The third kappa shape index (κ3) is 3.14. The number of ether oxygens (including phenoxy) is 2. The Morgan fingerprint density at radius 2 is 1.81 bits per heavy atom. The molecule has 0 radical (unpaired) electrons. The lowest BCUT2D eigenvalue weighted by Crippen LogP contribution is -2.34. The second-order valence-electron chi connectivity index (χ2n) is 5.32. The van der Waals surface area contributed by atoms with Crippen molar-refractivity contribution in [2.24, 2.45) is 5.92 Å². The average Bonchev–Trinajstić information content (AvgIpc) is 3.18. The van der Waals surface area contributed by atoms with Gasteiger partial charge in [-0.15, -0.1) is 4.98 Å². The molecule has 3 rings (SSSR count). The number of nitrogens with zero attached hydrogens (tertiary/aromatic N) is 4. The summed E-state index contributed by atoms with van der Waals surface area (Å²) in [6, 6.07) is 0.814. The van der Waals surface area contributed by atoms with E-state index in [0.717, 1.165) is 25.8 Å². The summed E-state index contributed by atoms with van der Waals surface area (Å²) in [7, 11) is 2.99. The van der Waals surface area contributed by atoms with Crippen LogP contribution in [0.1, 0.15) is 19.3 Å². The maximum atomic E-state index is 12.1. The van der Waals surface area contributed by atoms with Crippen molar-refractivity contribution in [1.29, 1.82) is 0 Å². The Morgan fingerprint density at radius 1 is 1.14 bits per heavy atom. The van der Waals surface area contributed by atoms with E-state index in [4.69, 9.17) is 9.47 Å². The first kappa shape index (κ1) is 13.8. The van der Waals surface area contributed by atoms with Crippen molar-refractivity contribution in [2.75, 3.05) is 32.2 Å². The highest BCUT2D eigenvalue weighted by Crippen LogP contribution is 2.25. The molecule has 0 aromatic carbocycles. The average molecular weight is 293 g/mol. The molecule has 1 aliphatic heterocycles. The smallest absolute Gasteiger partial charge is 0.324 e. The van der Waals surface area contributed by atoms with Crippen LogP contribution in [0, 0.1) is 5.92 Å². The fraction of sp³-hybridized carbons (Fsp3) is 0.692. The third-order valence-electron chi connectivity index (χ3n) is 3.71. The minimum absolute atomic E-state index is 0.0145. The van der Waals surface area contributed by atoms with Gasteiger partial charge in [0.15, 0.2) is 0 Å². The van der Waals surface area contributed by atoms with Crippen LogP contribution in [0.2, 0.25) is 0 Å². The zero-order valence-corrected chi connectivity index (χ0v) is 12.2. The van der Waals surface area contributed by atoms with Gasteiger partial charge in [0.05, 0.1) is 20.1 Å². The minimum atomic E-state index is -0.0145. The Labute approximate surface area is 122 Å². The van der Waals surface area contributed by atoms with Crippen LogP contribution in [0.3, 0.4) is 0 Å². The number of hydrogen-bond acceptors (Lipinski definition) is 7. The highest BCUT2D eigenvalue weighted by atomic mass is 16.5. The molecule has 1 amide bonds. The Balaban J connectivity index is 1.68. The van der Waals surface area contributed by atoms with E-state index in [1.165, 1.54) is 14.2 Å². The first-order valence-corrected chi connectivity index (χ1v) is 7.09. The van der Waals surface area contributed by atoms with Gasteiger partial charge in [-0.2, -0.15) is 9.97 Å². The molecular formula is C13H19N5O3. The molecule has 2 fully saturated rings. The molecule has 1 aromatic rings. The second kappa shape index (κ2) is 5.71. The normalized spacial score (nSPS) is 21.2. The molecule has 2 heterocycles. The zero-order valence-electron chi connectivity index (χ0n) is 12.2. The number of methoxy groups -OCH3 is 2. The van der Waals surface area contributed by atoms with Crippen LogP contribution in [0.25, 0.3) is 0 Å². The maximum Gasteiger partial charge on any atom is 0.324 e. The first-order chi connectivity index (χ1) is 10.2. The molecule has 1 saturated carbocycles. The van der Waals surface area contributed by atoms with Gasteiger partial charge in [0.25, 0.3) is 0 Å². The number of aromatic nitrogens is 3. The fourth-order valence-corrected chi connectivity index (χ4v) is 2.35. The number of carbonyl (C=O) groups excluding carboxylic acids is 1. The van der Waals surface area contributed by atoms with Crippen molar-refractivity contribution >= 4 is 11.9 Å². The second-order valence-corrected chi connectivity index (χ2v) is 5.32. The quantitative estimate of drug-likeness (QED) is 0.817. The summed E-state index contributed by atoms with van der Waals surface area (Å²) in [6.45, 7) is 1.34. The molecule has 1 saturated heterocycles. The Hall–Kier alpha value is -2.12. The minimum Gasteiger partial charge on any atom is -0.467 e. The van der Waals surface area contributed by atoms with Crippen LogP contribution in [-0.2, 0) is 4.79 Å². The van der Waals surface area contributed by atoms with Crippen LogP contribution in [0.4, 0.5) is 5.95 Å². The van der Waals surface area contributed by atoms with Crippen molar-refractivity contribution < 1.29 is 14.3 Å². The van der Waals surface area contributed by atoms with Gasteiger partial charge in [-0.3, -0.25) is 4.79 Å². The molecule has 1 N–H and O–H groups in total. The van der Waals surface area contributed by atoms with Gasteiger partial charge in [0, 0.05) is 19.1 Å². The van der Waals surface area contributed by atoms with E-state index in [2.05, 4.69) is 20.3 Å². The molecular weight excluding hydrogens is 274 g/mol. The number of anilines is 1. The van der Waals surface area contributed by atoms with Crippen molar-refractivity contribution in [3.63, 3.8) is 0 Å². The van der Waals surface area contributed by atoms with Crippen LogP contribution in [0.5, 0.6) is 12.0 Å². The van der Waals surface area contributed by atoms with Crippen molar-refractivity contribution in [3.8, 4) is 12.0 Å². The summed E-state index contributed by atoms with van der Waals surface area (Å²) < 4.78 is 10.1. The predicted octanol–water partition coefficient (Wildman–Crippen LogP) is -0.00630. The molecule has 0 spiro atoms. The van der Waals surface area contributed by atoms with Gasteiger partial charge >= 0.3 is 12.0 Å². The molecule has 8 nitrogen and oxygen atoms in total. The topological polar surface area (TPSA) is 89.5 Å². The lowest BCUT2D eigenvalue weighted by molar-refractivity contribution is -0.124. The summed E-state index contributed by atoms with van der Waals surface area (Å²) in [4.78, 5) is 26.4. The van der Waals surface area contributed by atoms with Gasteiger partial charge in [0.1, 0.15) is 0 Å². The van der Waals surface area contributed by atoms with Gasteiger partial charge in [-0.1, -0.05) is 0 Å². The Morgan fingerprint density at radius 3 is 2.38 bits per heavy atom. The number of hydrogen-bond donors (Lipinski definition) is 1. The molecule has 8 heteroatoms. The van der Waals surface area contributed by atoms with E-state index in [-0.39, 0.29) is 23.8 Å². The summed E-state index contributed by atoms with van der Waals surface area (Å²) in [5.41, 5.74) is 0. The van der Waals surface area contributed by atoms with Crippen LogP contribution < -0.4 is 19.7 Å². The van der Waals surface area contributed by atoms with Crippen molar-refractivity contribution in [2.45, 2.75) is 25.3 Å². The van der Waals surface area contributed by atoms with E-state index < -0.39 is 0 Å². The molecule has 21 heavy (non-hydrogen) atoms. The van der Waals surface area contributed by atoms with E-state index in [1.807, 2.05) is 4.90 Å². The van der Waals surface area contributed by atoms with Crippen molar-refractivity contribution in [1.82, 2.24) is 20.3 Å². The van der Waals surface area contributed by atoms with E-state index >= 15 is 0 Å². The largest absolute Gasteiger partial charge is 0.467 e. The molecule has 0 bridgehead atoms. The predicted molar refractivity (Wildman–Crippen MR) is 74.4 cm³/mol. The van der Waals surface area contributed by atoms with Gasteiger partial charge in [-0.05, 0) is 19.3 Å². The molecule has 1 aromatic heterocycles. The number of amides is 1. The summed E-state index contributed by atoms with van der Waals surface area (Å²) >= 11 is 0. The van der Waals surface area contributed by atoms with Crippen LogP contribution >= 0.6 is 0 Å². The number of rotatable bonds is 5.